The molecule has 3 aliphatic heterocycles. The Hall–Kier alpha value is -0.0800. The number of rotatable bonds is 0. The van der Waals surface area contributed by atoms with E-state index in [4.69, 9.17) is 0 Å². The van der Waals surface area contributed by atoms with E-state index in [2.05, 4.69) is 10.2 Å². The van der Waals surface area contributed by atoms with Crippen LogP contribution in [-0.2, 0) is 0 Å². The standard InChI is InChI=1S/C7H14N2/c1-4-9-5-2-7(1)8-3-6-9/h7-8H,1-6H2/q+1. The molecule has 3 saturated heterocycles. The Morgan fingerprint density at radius 1 is 1.11 bits per heavy atom. The van der Waals surface area contributed by atoms with E-state index in [1.165, 1.54) is 39.0 Å². The van der Waals surface area contributed by atoms with Crippen molar-refractivity contribution < 1.29 is 0 Å². The van der Waals surface area contributed by atoms with E-state index >= 15 is 0 Å². The first-order chi connectivity index (χ1) is 4.45. The third-order valence-electron chi connectivity index (χ3n) is 2.45. The Morgan fingerprint density at radius 3 is 2.67 bits per heavy atom. The van der Waals surface area contributed by atoms with E-state index in [1.54, 1.807) is 0 Å². The van der Waals surface area contributed by atoms with Gasteiger partial charge in [-0.15, -0.1) is 0 Å². The lowest BCUT2D eigenvalue weighted by Gasteiger charge is -2.17. The Balaban J connectivity index is 2.03. The highest BCUT2D eigenvalue weighted by atomic mass is 15.2. The van der Waals surface area contributed by atoms with Gasteiger partial charge < -0.3 is 5.32 Å². The highest BCUT2D eigenvalue weighted by Gasteiger charge is 2.28. The molecule has 2 heteroatoms. The molecular formula is C7H14N2+. The molecule has 0 amide bonds. The summed E-state index contributed by atoms with van der Waals surface area (Å²) in [5.41, 5.74) is 0. The lowest BCUT2D eigenvalue weighted by atomic mass is 10.1. The molecule has 0 spiro atoms. The molecule has 0 aliphatic carbocycles. The Bertz CT molecular complexity index is 77.6. The normalized spacial score (nSPS) is 42.7. The molecule has 51 valence electrons. The molecule has 0 unspecified atom stereocenters. The summed E-state index contributed by atoms with van der Waals surface area (Å²) in [5, 5.41) is 3.53. The molecule has 2 bridgehead atoms. The maximum Gasteiger partial charge on any atom is 0.135 e. The molecule has 0 atom stereocenters. The van der Waals surface area contributed by atoms with Crippen molar-refractivity contribution in [3.05, 3.63) is 0 Å². The molecule has 3 rings (SSSR count). The first-order valence-corrected chi connectivity index (χ1v) is 3.91. The van der Waals surface area contributed by atoms with E-state index < -0.39 is 0 Å². The van der Waals surface area contributed by atoms with Gasteiger partial charge in [0.2, 0.25) is 0 Å². The van der Waals surface area contributed by atoms with Gasteiger partial charge in [0.15, 0.2) is 0 Å². The van der Waals surface area contributed by atoms with E-state index in [9.17, 15) is 0 Å². The van der Waals surface area contributed by atoms with Gasteiger partial charge in [0.25, 0.3) is 0 Å². The molecule has 3 fully saturated rings. The smallest absolute Gasteiger partial charge is 0.135 e. The summed E-state index contributed by atoms with van der Waals surface area (Å²) >= 11 is 0. The highest BCUT2D eigenvalue weighted by Crippen LogP contribution is 2.09. The number of piperidine rings is 1. The zero-order valence-electron chi connectivity index (χ0n) is 5.77. The molecule has 3 aliphatic rings. The molecule has 0 aromatic rings. The van der Waals surface area contributed by atoms with Crippen LogP contribution in [0.25, 0.3) is 0 Å². The van der Waals surface area contributed by atoms with Crippen molar-refractivity contribution >= 4 is 0 Å². The minimum absolute atomic E-state index is 0.851. The van der Waals surface area contributed by atoms with Crippen LogP contribution >= 0.6 is 0 Å². The Morgan fingerprint density at radius 2 is 1.89 bits per heavy atom. The van der Waals surface area contributed by atoms with Gasteiger partial charge in [-0.25, -0.2) is 0 Å². The van der Waals surface area contributed by atoms with Gasteiger partial charge >= 0.3 is 0 Å². The summed E-state index contributed by atoms with van der Waals surface area (Å²) in [7, 11) is 0. The van der Waals surface area contributed by atoms with Crippen LogP contribution in [0.1, 0.15) is 12.8 Å². The van der Waals surface area contributed by atoms with Crippen molar-refractivity contribution in [2.45, 2.75) is 18.9 Å². The van der Waals surface area contributed by atoms with Crippen LogP contribution in [0.15, 0.2) is 0 Å². The van der Waals surface area contributed by atoms with Crippen molar-refractivity contribution in [2.24, 2.45) is 0 Å². The van der Waals surface area contributed by atoms with Crippen molar-refractivity contribution in [1.82, 2.24) is 10.2 Å². The van der Waals surface area contributed by atoms with Crippen LogP contribution in [0.3, 0.4) is 0 Å². The maximum absolute atomic E-state index is 3.53. The first-order valence-electron chi connectivity index (χ1n) is 3.91. The van der Waals surface area contributed by atoms with Crippen LogP contribution in [0.2, 0.25) is 0 Å². The van der Waals surface area contributed by atoms with Crippen LogP contribution < -0.4 is 10.2 Å². The Kier molecular flexibility index (Phi) is 1.44. The number of hydrogen-bond acceptors (Lipinski definition) is 2. The van der Waals surface area contributed by atoms with Crippen molar-refractivity contribution in [2.75, 3.05) is 26.2 Å². The van der Waals surface area contributed by atoms with Crippen LogP contribution in [0.5, 0.6) is 0 Å². The second kappa shape index (κ2) is 2.27. The highest BCUT2D eigenvalue weighted by molar-refractivity contribution is 4.84. The topological polar surface area (TPSA) is 17.9 Å². The summed E-state index contributed by atoms with van der Waals surface area (Å²) in [6, 6.07) is 0.851. The van der Waals surface area contributed by atoms with Gasteiger partial charge in [0.05, 0.1) is 0 Å². The van der Waals surface area contributed by atoms with Gasteiger partial charge in [-0.2, -0.15) is 4.90 Å². The van der Waals surface area contributed by atoms with Gasteiger partial charge in [-0.1, -0.05) is 0 Å². The summed E-state index contributed by atoms with van der Waals surface area (Å²) in [6.07, 6.45) is 2.75. The van der Waals surface area contributed by atoms with Gasteiger partial charge in [-0.3, -0.25) is 0 Å². The van der Waals surface area contributed by atoms with E-state index in [-0.39, 0.29) is 0 Å². The SMILES string of the molecule is C1C[N+]2CCC(CC2)N1. The van der Waals surface area contributed by atoms with Gasteiger partial charge in [0.1, 0.15) is 19.6 Å². The third-order valence-corrected chi connectivity index (χ3v) is 2.45. The fourth-order valence-electron chi connectivity index (χ4n) is 1.79. The fourth-order valence-corrected chi connectivity index (χ4v) is 1.79. The summed E-state index contributed by atoms with van der Waals surface area (Å²) in [6.45, 7) is 5.15. The molecule has 0 saturated carbocycles. The quantitative estimate of drug-likeness (QED) is 0.448. The van der Waals surface area contributed by atoms with Crippen LogP contribution in [0.4, 0.5) is 0 Å². The number of nitrogens with one attached hydrogen (secondary N) is 1. The fraction of sp³-hybridized carbons (Fsp3) is 1.00. The average Bonchev–Trinajstić information content (AvgIpc) is 2.21. The van der Waals surface area contributed by atoms with Crippen LogP contribution in [-0.4, -0.2) is 32.2 Å². The number of hydrogen-bond donors (Lipinski definition) is 1. The summed E-state index contributed by atoms with van der Waals surface area (Å²) in [5.74, 6) is 0. The number of fused-ring (bicyclic) bond motifs is 4. The van der Waals surface area contributed by atoms with Crippen molar-refractivity contribution in [3.63, 3.8) is 0 Å². The molecule has 1 N–H and O–H groups in total. The zero-order chi connectivity index (χ0) is 6.10. The number of nitrogens with zero attached hydrogens (tertiary/aromatic N) is 1. The predicted molar refractivity (Wildman–Crippen MR) is 37.8 cm³/mol. The molecule has 3 heterocycles. The second-order valence-electron chi connectivity index (χ2n) is 3.07. The first kappa shape index (κ1) is 5.69. The maximum atomic E-state index is 3.53. The van der Waals surface area contributed by atoms with E-state index in [1.807, 2.05) is 0 Å². The second-order valence-corrected chi connectivity index (χ2v) is 3.07. The lowest BCUT2D eigenvalue weighted by molar-refractivity contribution is 0.351. The molecule has 9 heavy (non-hydrogen) atoms. The monoisotopic (exact) mass is 126 g/mol. The molecule has 2 nitrogen and oxygen atoms in total. The lowest BCUT2D eigenvalue weighted by Crippen LogP contribution is -2.38. The largest absolute Gasteiger partial charge is 0.308 e. The summed E-state index contributed by atoms with van der Waals surface area (Å²) in [4.78, 5) is 2.55. The third kappa shape index (κ3) is 1.10. The van der Waals surface area contributed by atoms with Gasteiger partial charge in [-0.05, 0) is 0 Å². The molecular weight excluding hydrogens is 112 g/mol. The molecule has 1 radical (unpaired) electrons. The Labute approximate surface area is 56.2 Å². The van der Waals surface area contributed by atoms with Crippen molar-refractivity contribution in [3.8, 4) is 0 Å². The van der Waals surface area contributed by atoms with Crippen molar-refractivity contribution in [1.29, 1.82) is 0 Å². The van der Waals surface area contributed by atoms with Crippen LogP contribution in [0, 0.1) is 0 Å². The predicted octanol–water partition coefficient (Wildman–Crippen LogP) is -0.108. The minimum atomic E-state index is 0.851. The summed E-state index contributed by atoms with van der Waals surface area (Å²) < 4.78 is 0. The molecule has 0 aromatic heterocycles. The average molecular weight is 126 g/mol. The van der Waals surface area contributed by atoms with E-state index in [0.29, 0.717) is 0 Å². The molecule has 0 aromatic carbocycles. The zero-order valence-corrected chi connectivity index (χ0v) is 5.77. The van der Waals surface area contributed by atoms with E-state index in [0.717, 1.165) is 6.04 Å². The minimum Gasteiger partial charge on any atom is -0.308 e. The van der Waals surface area contributed by atoms with Gasteiger partial charge in [0, 0.05) is 25.4 Å².